The number of ether oxygens (including phenoxy) is 1. The van der Waals surface area contributed by atoms with Crippen molar-refractivity contribution in [2.75, 3.05) is 7.11 Å². The van der Waals surface area contributed by atoms with Gasteiger partial charge in [-0.15, -0.1) is 6.42 Å². The maximum atomic E-state index is 9.40. The van der Waals surface area contributed by atoms with Crippen LogP contribution in [0, 0.1) is 12.3 Å². The molecule has 1 rings (SSSR count). The summed E-state index contributed by atoms with van der Waals surface area (Å²) in [6.45, 7) is 0. The normalized spacial score (nSPS) is 11.8. The van der Waals surface area contributed by atoms with Crippen molar-refractivity contribution in [3.05, 3.63) is 28.2 Å². The van der Waals surface area contributed by atoms with Crippen molar-refractivity contribution in [1.29, 1.82) is 0 Å². The average molecular weight is 241 g/mol. The van der Waals surface area contributed by atoms with Gasteiger partial charge in [0.25, 0.3) is 0 Å². The number of methoxy groups -OCH3 is 1. The number of aliphatic hydroxyl groups excluding tert-OH is 1. The van der Waals surface area contributed by atoms with Gasteiger partial charge in [-0.05, 0) is 12.1 Å². The summed E-state index contributed by atoms with van der Waals surface area (Å²) in [4.78, 5) is 0. The molecule has 0 saturated carbocycles. The molecule has 68 valence electrons. The maximum Gasteiger partial charge on any atom is 0.143 e. The number of rotatable bonds is 2. The van der Waals surface area contributed by atoms with Gasteiger partial charge in [-0.3, -0.25) is 0 Å². The molecule has 1 N–H and O–H groups in total. The first kappa shape index (κ1) is 10.1. The van der Waals surface area contributed by atoms with Crippen LogP contribution < -0.4 is 4.74 Å². The lowest BCUT2D eigenvalue weighted by molar-refractivity contribution is 0.232. The second-order valence-corrected chi connectivity index (χ2v) is 3.37. The van der Waals surface area contributed by atoms with E-state index in [1.165, 1.54) is 7.11 Å². The quantitative estimate of drug-likeness (QED) is 0.803. The highest BCUT2D eigenvalue weighted by atomic mass is 79.9. The first-order valence-corrected chi connectivity index (χ1v) is 4.46. The second-order valence-electron chi connectivity index (χ2n) is 2.46. The summed E-state index contributed by atoms with van der Waals surface area (Å²) < 4.78 is 5.95. The van der Waals surface area contributed by atoms with Gasteiger partial charge in [-0.2, -0.15) is 0 Å². The van der Waals surface area contributed by atoms with Crippen molar-refractivity contribution in [2.24, 2.45) is 0 Å². The monoisotopic (exact) mass is 240 g/mol. The van der Waals surface area contributed by atoms with Gasteiger partial charge in [0.05, 0.1) is 7.11 Å². The summed E-state index contributed by atoms with van der Waals surface area (Å²) in [5.74, 6) is 2.82. The van der Waals surface area contributed by atoms with E-state index in [-0.39, 0.29) is 0 Å². The van der Waals surface area contributed by atoms with Gasteiger partial charge in [-0.1, -0.05) is 27.9 Å². The lowest BCUT2D eigenvalue weighted by Gasteiger charge is -2.10. The third kappa shape index (κ3) is 2.24. The van der Waals surface area contributed by atoms with Gasteiger partial charge in [0.1, 0.15) is 11.9 Å². The minimum absolute atomic E-state index is 0.583. The zero-order valence-corrected chi connectivity index (χ0v) is 8.71. The Balaban J connectivity index is 3.15. The summed E-state index contributed by atoms with van der Waals surface area (Å²) in [5.41, 5.74) is 0.605. The van der Waals surface area contributed by atoms with Gasteiger partial charge >= 0.3 is 0 Å². The molecule has 0 amide bonds. The van der Waals surface area contributed by atoms with Crippen LogP contribution in [0.3, 0.4) is 0 Å². The van der Waals surface area contributed by atoms with E-state index in [0.29, 0.717) is 11.3 Å². The Kier molecular flexibility index (Phi) is 3.35. The van der Waals surface area contributed by atoms with Gasteiger partial charge in [0.15, 0.2) is 0 Å². The van der Waals surface area contributed by atoms with E-state index in [2.05, 4.69) is 21.9 Å². The van der Waals surface area contributed by atoms with Crippen LogP contribution in [0.4, 0.5) is 0 Å². The Morgan fingerprint density at radius 3 is 2.85 bits per heavy atom. The summed E-state index contributed by atoms with van der Waals surface area (Å²) in [7, 11) is 1.54. The Labute approximate surface area is 85.7 Å². The predicted octanol–water partition coefficient (Wildman–Crippen LogP) is 2.12. The number of benzene rings is 1. The van der Waals surface area contributed by atoms with Crippen LogP contribution >= 0.6 is 15.9 Å². The number of terminal acetylenes is 1. The van der Waals surface area contributed by atoms with E-state index >= 15 is 0 Å². The lowest BCUT2D eigenvalue weighted by Crippen LogP contribution is -1.97. The SMILES string of the molecule is C#CC(O)c1ccc(Br)cc1OC. The molecule has 1 aromatic carbocycles. The highest BCUT2D eigenvalue weighted by Gasteiger charge is 2.10. The molecule has 13 heavy (non-hydrogen) atoms. The average Bonchev–Trinajstić information content (AvgIpc) is 2.16. The molecule has 0 spiro atoms. The Bertz CT molecular complexity index is 341. The van der Waals surface area contributed by atoms with E-state index in [0.717, 1.165) is 4.47 Å². The molecule has 1 aromatic rings. The number of aliphatic hydroxyl groups is 1. The summed E-state index contributed by atoms with van der Waals surface area (Å²) in [6.07, 6.45) is 4.18. The molecule has 1 atom stereocenters. The van der Waals surface area contributed by atoms with Crippen LogP contribution in [0.1, 0.15) is 11.7 Å². The Hall–Kier alpha value is -0.980. The fourth-order valence-electron chi connectivity index (χ4n) is 1.00. The standard InChI is InChI=1S/C10H9BrO2/c1-3-9(12)8-5-4-7(11)6-10(8)13-2/h1,4-6,9,12H,2H3. The van der Waals surface area contributed by atoms with Crippen molar-refractivity contribution < 1.29 is 9.84 Å². The second kappa shape index (κ2) is 4.31. The molecule has 0 aliphatic heterocycles. The molecule has 0 aromatic heterocycles. The van der Waals surface area contributed by atoms with Crippen LogP contribution in [0.25, 0.3) is 0 Å². The van der Waals surface area contributed by atoms with Gasteiger partial charge in [0, 0.05) is 10.0 Å². The minimum Gasteiger partial charge on any atom is -0.496 e. The summed E-state index contributed by atoms with van der Waals surface area (Å²) >= 11 is 3.29. The first-order valence-electron chi connectivity index (χ1n) is 3.66. The largest absolute Gasteiger partial charge is 0.496 e. The third-order valence-corrected chi connectivity index (χ3v) is 2.14. The highest BCUT2D eigenvalue weighted by molar-refractivity contribution is 9.10. The third-order valence-electron chi connectivity index (χ3n) is 1.65. The van der Waals surface area contributed by atoms with E-state index < -0.39 is 6.10 Å². The Morgan fingerprint density at radius 1 is 1.62 bits per heavy atom. The maximum absolute atomic E-state index is 9.40. The smallest absolute Gasteiger partial charge is 0.143 e. The van der Waals surface area contributed by atoms with Crippen LogP contribution in [0.15, 0.2) is 22.7 Å². The Morgan fingerprint density at radius 2 is 2.31 bits per heavy atom. The van der Waals surface area contributed by atoms with Crippen molar-refractivity contribution in [2.45, 2.75) is 6.10 Å². The highest BCUT2D eigenvalue weighted by Crippen LogP contribution is 2.27. The summed E-state index contributed by atoms with van der Waals surface area (Å²) in [6, 6.07) is 5.29. The first-order chi connectivity index (χ1) is 6.19. The number of hydrogen-bond acceptors (Lipinski definition) is 2. The fourth-order valence-corrected chi connectivity index (χ4v) is 1.34. The molecule has 2 nitrogen and oxygen atoms in total. The van der Waals surface area contributed by atoms with E-state index in [1.807, 2.05) is 0 Å². The van der Waals surface area contributed by atoms with Gasteiger partial charge in [-0.25, -0.2) is 0 Å². The topological polar surface area (TPSA) is 29.5 Å². The predicted molar refractivity (Wildman–Crippen MR) is 54.5 cm³/mol. The number of hydrogen-bond donors (Lipinski definition) is 1. The van der Waals surface area contributed by atoms with E-state index in [4.69, 9.17) is 11.2 Å². The molecule has 0 aliphatic rings. The molecule has 0 bridgehead atoms. The van der Waals surface area contributed by atoms with Crippen LogP contribution in [-0.4, -0.2) is 12.2 Å². The molecule has 0 saturated heterocycles. The number of halogens is 1. The van der Waals surface area contributed by atoms with Crippen molar-refractivity contribution in [1.82, 2.24) is 0 Å². The summed E-state index contributed by atoms with van der Waals surface area (Å²) in [5, 5.41) is 9.40. The molecular weight excluding hydrogens is 232 g/mol. The molecule has 0 aliphatic carbocycles. The van der Waals surface area contributed by atoms with Crippen molar-refractivity contribution >= 4 is 15.9 Å². The van der Waals surface area contributed by atoms with Crippen LogP contribution in [0.5, 0.6) is 5.75 Å². The van der Waals surface area contributed by atoms with Crippen LogP contribution in [0.2, 0.25) is 0 Å². The van der Waals surface area contributed by atoms with E-state index in [9.17, 15) is 5.11 Å². The molecule has 1 unspecified atom stereocenters. The van der Waals surface area contributed by atoms with Crippen LogP contribution in [-0.2, 0) is 0 Å². The van der Waals surface area contributed by atoms with Gasteiger partial charge in [0.2, 0.25) is 0 Å². The molecule has 0 radical (unpaired) electrons. The minimum atomic E-state index is -0.914. The molecule has 0 heterocycles. The molecule has 0 fully saturated rings. The fraction of sp³-hybridized carbons (Fsp3) is 0.200. The van der Waals surface area contributed by atoms with Crippen molar-refractivity contribution in [3.63, 3.8) is 0 Å². The van der Waals surface area contributed by atoms with Crippen molar-refractivity contribution in [3.8, 4) is 18.1 Å². The zero-order valence-electron chi connectivity index (χ0n) is 7.12. The van der Waals surface area contributed by atoms with Gasteiger partial charge < -0.3 is 9.84 Å². The lowest BCUT2D eigenvalue weighted by atomic mass is 10.1. The van der Waals surface area contributed by atoms with E-state index in [1.54, 1.807) is 18.2 Å². The molecular formula is C10H9BrO2. The zero-order chi connectivity index (χ0) is 9.84. The molecule has 3 heteroatoms.